The summed E-state index contributed by atoms with van der Waals surface area (Å²) in [6.07, 6.45) is 1.45. The molecule has 0 N–H and O–H groups in total. The summed E-state index contributed by atoms with van der Waals surface area (Å²) in [6.45, 7) is 1.01. The van der Waals surface area contributed by atoms with E-state index in [1.54, 1.807) is 18.1 Å². The van der Waals surface area contributed by atoms with E-state index in [-0.39, 0.29) is 17.6 Å². The van der Waals surface area contributed by atoms with Gasteiger partial charge in [-0.05, 0) is 12.1 Å². The van der Waals surface area contributed by atoms with Crippen molar-refractivity contribution < 1.29 is 18.6 Å². The van der Waals surface area contributed by atoms with Gasteiger partial charge < -0.3 is 18.7 Å². The first kappa shape index (κ1) is 14.4. The lowest BCUT2D eigenvalue weighted by Crippen LogP contribution is -2.48. The average Bonchev–Trinajstić information content (AvgIpc) is 3.25. The summed E-state index contributed by atoms with van der Waals surface area (Å²) in [7, 11) is 1.60. The van der Waals surface area contributed by atoms with Crippen LogP contribution in [0.15, 0.2) is 45.6 Å². The Hall–Kier alpha value is -3.16. The van der Waals surface area contributed by atoms with Crippen LogP contribution in [0, 0.1) is 0 Å². The number of methoxy groups -OCH3 is 1. The summed E-state index contributed by atoms with van der Waals surface area (Å²) >= 11 is 0. The second-order valence-corrected chi connectivity index (χ2v) is 5.44. The Morgan fingerprint density at radius 2 is 2.08 bits per heavy atom. The predicted molar refractivity (Wildman–Crippen MR) is 81.4 cm³/mol. The number of para-hydroxylation sites is 1. The lowest BCUT2D eigenvalue weighted by molar-refractivity contribution is 0.0527. The summed E-state index contributed by atoms with van der Waals surface area (Å²) < 4.78 is 15.5. The van der Waals surface area contributed by atoms with Gasteiger partial charge in [0, 0.05) is 19.2 Å². The first-order valence-electron chi connectivity index (χ1n) is 7.43. The fraction of sp³-hybridized carbons (Fsp3) is 0.250. The van der Waals surface area contributed by atoms with Crippen molar-refractivity contribution in [3.63, 3.8) is 0 Å². The molecule has 1 aliphatic rings. The normalized spacial score (nSPS) is 14.5. The SMILES string of the molecule is COc1ccccc1-c1noc(C2CN(C(=O)c3ccno3)C2)n1. The van der Waals surface area contributed by atoms with E-state index in [9.17, 15) is 4.79 Å². The molecule has 1 aliphatic heterocycles. The van der Waals surface area contributed by atoms with Crippen molar-refractivity contribution in [2.45, 2.75) is 5.92 Å². The van der Waals surface area contributed by atoms with Gasteiger partial charge in [0.1, 0.15) is 5.75 Å². The van der Waals surface area contributed by atoms with E-state index in [4.69, 9.17) is 13.8 Å². The van der Waals surface area contributed by atoms with E-state index in [1.165, 1.54) is 6.20 Å². The second kappa shape index (κ2) is 5.80. The number of rotatable bonds is 4. The van der Waals surface area contributed by atoms with Crippen LogP contribution in [-0.4, -0.2) is 46.3 Å². The van der Waals surface area contributed by atoms with Crippen LogP contribution in [0.25, 0.3) is 11.4 Å². The lowest BCUT2D eigenvalue weighted by atomic mass is 10.00. The zero-order valence-electron chi connectivity index (χ0n) is 12.9. The molecule has 0 unspecified atom stereocenters. The minimum atomic E-state index is -0.187. The minimum Gasteiger partial charge on any atom is -0.496 e. The number of amides is 1. The highest BCUT2D eigenvalue weighted by Crippen LogP contribution is 2.31. The summed E-state index contributed by atoms with van der Waals surface area (Å²) in [5, 5.41) is 7.56. The van der Waals surface area contributed by atoms with Gasteiger partial charge in [-0.3, -0.25) is 4.79 Å². The summed E-state index contributed by atoms with van der Waals surface area (Å²) in [5.41, 5.74) is 0.768. The topological polar surface area (TPSA) is 94.5 Å². The fourth-order valence-corrected chi connectivity index (χ4v) is 2.62. The number of likely N-dealkylation sites (tertiary alicyclic amines) is 1. The quantitative estimate of drug-likeness (QED) is 0.723. The van der Waals surface area contributed by atoms with E-state index in [0.717, 1.165) is 5.56 Å². The van der Waals surface area contributed by atoms with E-state index in [1.807, 2.05) is 24.3 Å². The van der Waals surface area contributed by atoms with Gasteiger partial charge in [0.05, 0.1) is 24.8 Å². The molecule has 2 aromatic heterocycles. The molecule has 3 aromatic rings. The van der Waals surface area contributed by atoms with E-state index < -0.39 is 0 Å². The molecule has 4 rings (SSSR count). The van der Waals surface area contributed by atoms with Gasteiger partial charge in [-0.15, -0.1) is 0 Å². The molecule has 24 heavy (non-hydrogen) atoms. The Labute approximate surface area is 137 Å². The molecule has 0 radical (unpaired) electrons. The van der Waals surface area contributed by atoms with Crippen LogP contribution in [0.3, 0.4) is 0 Å². The van der Waals surface area contributed by atoms with E-state index in [2.05, 4.69) is 15.3 Å². The van der Waals surface area contributed by atoms with Crippen molar-refractivity contribution in [1.82, 2.24) is 20.2 Å². The molecule has 8 heteroatoms. The monoisotopic (exact) mass is 326 g/mol. The Morgan fingerprint density at radius 1 is 1.25 bits per heavy atom. The molecule has 1 saturated heterocycles. The van der Waals surface area contributed by atoms with Crippen LogP contribution in [0.1, 0.15) is 22.4 Å². The number of carbonyl (C=O) groups excluding carboxylic acids is 1. The van der Waals surface area contributed by atoms with E-state index >= 15 is 0 Å². The number of benzene rings is 1. The van der Waals surface area contributed by atoms with Gasteiger partial charge in [-0.25, -0.2) is 0 Å². The number of aromatic nitrogens is 3. The molecule has 1 aromatic carbocycles. The first-order valence-corrected chi connectivity index (χ1v) is 7.43. The number of hydrogen-bond donors (Lipinski definition) is 0. The Kier molecular flexibility index (Phi) is 3.49. The highest BCUT2D eigenvalue weighted by Gasteiger charge is 2.37. The maximum Gasteiger partial charge on any atom is 0.292 e. The van der Waals surface area contributed by atoms with Crippen LogP contribution in [-0.2, 0) is 0 Å². The molecule has 0 bridgehead atoms. The zero-order valence-corrected chi connectivity index (χ0v) is 12.9. The Balaban J connectivity index is 1.46. The molecule has 0 atom stereocenters. The summed E-state index contributed by atoms with van der Waals surface area (Å²) in [6, 6.07) is 9.01. The fourth-order valence-electron chi connectivity index (χ4n) is 2.62. The molecular weight excluding hydrogens is 312 g/mol. The van der Waals surface area contributed by atoms with Crippen molar-refractivity contribution in [3.05, 3.63) is 48.2 Å². The van der Waals surface area contributed by atoms with Crippen LogP contribution in [0.5, 0.6) is 5.75 Å². The molecule has 0 spiro atoms. The van der Waals surface area contributed by atoms with Crippen molar-refractivity contribution in [2.24, 2.45) is 0 Å². The number of ether oxygens (including phenoxy) is 1. The molecule has 1 amide bonds. The molecule has 0 saturated carbocycles. The van der Waals surface area contributed by atoms with Crippen molar-refractivity contribution in [3.8, 4) is 17.1 Å². The molecule has 122 valence electrons. The number of nitrogens with zero attached hydrogens (tertiary/aromatic N) is 4. The molecule has 8 nitrogen and oxygen atoms in total. The average molecular weight is 326 g/mol. The number of hydrogen-bond acceptors (Lipinski definition) is 7. The second-order valence-electron chi connectivity index (χ2n) is 5.44. The standard InChI is InChI=1S/C16H14N4O4/c1-22-12-5-3-2-4-11(12)14-18-15(24-19-14)10-8-20(9-10)16(21)13-6-7-17-23-13/h2-7,10H,8-9H2,1H3. The molecule has 0 aliphatic carbocycles. The van der Waals surface area contributed by atoms with Crippen molar-refractivity contribution in [2.75, 3.05) is 20.2 Å². The lowest BCUT2D eigenvalue weighted by Gasteiger charge is -2.36. The maximum absolute atomic E-state index is 12.1. The Morgan fingerprint density at radius 3 is 2.83 bits per heavy atom. The molecular formula is C16H14N4O4. The third-order valence-electron chi connectivity index (χ3n) is 3.96. The van der Waals surface area contributed by atoms with Crippen LogP contribution in [0.4, 0.5) is 0 Å². The summed E-state index contributed by atoms with van der Waals surface area (Å²) in [4.78, 5) is 18.2. The van der Waals surface area contributed by atoms with Gasteiger partial charge in [0.25, 0.3) is 5.91 Å². The van der Waals surface area contributed by atoms with Crippen LogP contribution < -0.4 is 4.74 Å². The van der Waals surface area contributed by atoms with Gasteiger partial charge in [0.15, 0.2) is 0 Å². The van der Waals surface area contributed by atoms with E-state index in [0.29, 0.717) is 30.6 Å². The predicted octanol–water partition coefficient (Wildman–Crippen LogP) is 1.97. The third-order valence-corrected chi connectivity index (χ3v) is 3.96. The highest BCUT2D eigenvalue weighted by molar-refractivity contribution is 5.91. The van der Waals surface area contributed by atoms with Crippen molar-refractivity contribution >= 4 is 5.91 Å². The molecule has 3 heterocycles. The minimum absolute atomic E-state index is 0.0211. The Bertz CT molecular complexity index is 853. The van der Waals surface area contributed by atoms with Gasteiger partial charge in [-0.1, -0.05) is 22.4 Å². The molecule has 1 fully saturated rings. The largest absolute Gasteiger partial charge is 0.496 e. The van der Waals surface area contributed by atoms with Gasteiger partial charge in [-0.2, -0.15) is 4.98 Å². The van der Waals surface area contributed by atoms with Gasteiger partial charge in [0.2, 0.25) is 17.5 Å². The van der Waals surface area contributed by atoms with Crippen LogP contribution in [0.2, 0.25) is 0 Å². The smallest absolute Gasteiger partial charge is 0.292 e. The third kappa shape index (κ3) is 2.41. The van der Waals surface area contributed by atoms with Crippen molar-refractivity contribution in [1.29, 1.82) is 0 Å². The van der Waals surface area contributed by atoms with Gasteiger partial charge >= 0.3 is 0 Å². The van der Waals surface area contributed by atoms with Crippen LogP contribution >= 0.6 is 0 Å². The maximum atomic E-state index is 12.1. The summed E-state index contributed by atoms with van der Waals surface area (Å²) in [5.74, 6) is 1.73. The zero-order chi connectivity index (χ0) is 16.5. The number of carbonyl (C=O) groups is 1. The highest BCUT2D eigenvalue weighted by atomic mass is 16.5. The first-order chi connectivity index (χ1) is 11.8.